The molecule has 1 aliphatic carbocycles. The Balaban J connectivity index is 1.89. The normalized spacial score (nSPS) is 14.1. The topological polar surface area (TPSA) is 111 Å². The number of ether oxygens (including phenoxy) is 2. The van der Waals surface area contributed by atoms with Crippen LogP contribution in [0.2, 0.25) is 0 Å². The third-order valence-corrected chi connectivity index (χ3v) is 5.88. The molecule has 2 rings (SSSR count). The van der Waals surface area contributed by atoms with Gasteiger partial charge in [0.2, 0.25) is 10.0 Å². The average molecular weight is 410 g/mol. The highest BCUT2D eigenvalue weighted by atomic mass is 32.2. The minimum atomic E-state index is -3.82. The van der Waals surface area contributed by atoms with Crippen LogP contribution in [0.4, 0.5) is 0 Å². The Labute approximate surface area is 165 Å². The molecule has 1 aromatic carbocycles. The number of amides is 1. The molecule has 0 saturated carbocycles. The van der Waals surface area contributed by atoms with Crippen LogP contribution in [0.25, 0.3) is 0 Å². The Bertz CT molecular complexity index is 848. The molecule has 0 atom stereocenters. The van der Waals surface area contributed by atoms with Gasteiger partial charge in [0.1, 0.15) is 10.6 Å². The fraction of sp³-hybridized carbons (Fsp3) is 0.474. The van der Waals surface area contributed by atoms with Gasteiger partial charge in [0.15, 0.2) is 6.61 Å². The number of carbonyl (C=O) groups is 2. The molecule has 2 N–H and O–H groups in total. The van der Waals surface area contributed by atoms with Gasteiger partial charge in [-0.1, -0.05) is 11.6 Å². The van der Waals surface area contributed by atoms with Crippen LogP contribution in [0.3, 0.4) is 0 Å². The van der Waals surface area contributed by atoms with E-state index in [4.69, 9.17) is 9.47 Å². The molecule has 9 heteroatoms. The molecule has 0 fully saturated rings. The van der Waals surface area contributed by atoms with Crippen molar-refractivity contribution < 1.29 is 27.5 Å². The van der Waals surface area contributed by atoms with E-state index < -0.39 is 28.5 Å². The van der Waals surface area contributed by atoms with Crippen molar-refractivity contribution in [3.05, 3.63) is 35.4 Å². The van der Waals surface area contributed by atoms with E-state index in [9.17, 15) is 18.0 Å². The first kappa shape index (κ1) is 21.9. The molecule has 0 unspecified atom stereocenters. The number of rotatable bonds is 9. The van der Waals surface area contributed by atoms with Gasteiger partial charge in [-0.15, -0.1) is 0 Å². The number of esters is 1. The zero-order valence-electron chi connectivity index (χ0n) is 16.1. The molecular weight excluding hydrogens is 384 g/mol. The summed E-state index contributed by atoms with van der Waals surface area (Å²) in [6.45, 7) is 0.0628. The predicted molar refractivity (Wildman–Crippen MR) is 104 cm³/mol. The summed E-state index contributed by atoms with van der Waals surface area (Å²) in [5.74, 6) is -1.10. The first-order chi connectivity index (χ1) is 13.4. The van der Waals surface area contributed by atoms with Crippen LogP contribution >= 0.6 is 0 Å². The van der Waals surface area contributed by atoms with E-state index in [-0.39, 0.29) is 16.2 Å². The van der Waals surface area contributed by atoms with Crippen molar-refractivity contribution in [2.24, 2.45) is 0 Å². The summed E-state index contributed by atoms with van der Waals surface area (Å²) in [7, 11) is -1.23. The van der Waals surface area contributed by atoms with Crippen LogP contribution < -0.4 is 14.8 Å². The van der Waals surface area contributed by atoms with Gasteiger partial charge in [-0.3, -0.25) is 4.79 Å². The second kappa shape index (κ2) is 10.2. The van der Waals surface area contributed by atoms with Crippen LogP contribution in [-0.4, -0.2) is 47.6 Å². The van der Waals surface area contributed by atoms with Crippen LogP contribution in [0, 0.1) is 0 Å². The minimum absolute atomic E-state index is 0.00906. The van der Waals surface area contributed by atoms with Crippen molar-refractivity contribution in [3.8, 4) is 5.75 Å². The number of allylic oxidation sites excluding steroid dienone is 1. The third-order valence-electron chi connectivity index (χ3n) is 4.45. The summed E-state index contributed by atoms with van der Waals surface area (Å²) in [6, 6.07) is 3.89. The van der Waals surface area contributed by atoms with E-state index >= 15 is 0 Å². The highest BCUT2D eigenvalue weighted by molar-refractivity contribution is 7.89. The summed E-state index contributed by atoms with van der Waals surface area (Å²) < 4.78 is 36.3. The zero-order valence-corrected chi connectivity index (χ0v) is 16.9. The van der Waals surface area contributed by atoms with Gasteiger partial charge < -0.3 is 14.8 Å². The summed E-state index contributed by atoms with van der Waals surface area (Å²) in [4.78, 5) is 23.8. The highest BCUT2D eigenvalue weighted by Gasteiger charge is 2.21. The summed E-state index contributed by atoms with van der Waals surface area (Å²) >= 11 is 0. The highest BCUT2D eigenvalue weighted by Crippen LogP contribution is 2.25. The second-order valence-corrected chi connectivity index (χ2v) is 8.21. The molecule has 8 nitrogen and oxygen atoms in total. The smallest absolute Gasteiger partial charge is 0.338 e. The van der Waals surface area contributed by atoms with E-state index in [0.717, 1.165) is 25.3 Å². The van der Waals surface area contributed by atoms with Crippen molar-refractivity contribution in [3.63, 3.8) is 0 Å². The lowest BCUT2D eigenvalue weighted by Crippen LogP contribution is -2.30. The van der Waals surface area contributed by atoms with Gasteiger partial charge in [-0.2, -0.15) is 0 Å². The molecule has 1 aliphatic rings. The minimum Gasteiger partial charge on any atom is -0.495 e. The quantitative estimate of drug-likeness (QED) is 0.474. The van der Waals surface area contributed by atoms with E-state index in [0.29, 0.717) is 6.54 Å². The first-order valence-electron chi connectivity index (χ1n) is 9.10. The number of hydrogen-bond acceptors (Lipinski definition) is 6. The van der Waals surface area contributed by atoms with Crippen LogP contribution in [0.15, 0.2) is 34.7 Å². The number of sulfonamides is 1. The van der Waals surface area contributed by atoms with Gasteiger partial charge in [-0.05, 0) is 57.4 Å². The predicted octanol–water partition coefficient (Wildman–Crippen LogP) is 1.77. The number of benzene rings is 1. The average Bonchev–Trinajstić information content (AvgIpc) is 2.72. The van der Waals surface area contributed by atoms with Crippen molar-refractivity contribution >= 4 is 21.9 Å². The molecule has 28 heavy (non-hydrogen) atoms. The molecule has 0 aliphatic heterocycles. The molecule has 0 heterocycles. The first-order valence-corrected chi connectivity index (χ1v) is 10.6. The van der Waals surface area contributed by atoms with Crippen LogP contribution in [0.5, 0.6) is 5.75 Å². The summed E-state index contributed by atoms with van der Waals surface area (Å²) in [5.41, 5.74) is 1.36. The molecule has 0 bridgehead atoms. The van der Waals surface area contributed by atoms with Gasteiger partial charge in [0.25, 0.3) is 5.91 Å². The van der Waals surface area contributed by atoms with Gasteiger partial charge in [0.05, 0.1) is 12.7 Å². The van der Waals surface area contributed by atoms with E-state index in [1.54, 1.807) is 0 Å². The molecule has 0 saturated heterocycles. The molecule has 0 radical (unpaired) electrons. The Morgan fingerprint density at radius 3 is 2.64 bits per heavy atom. The molecule has 0 spiro atoms. The fourth-order valence-electron chi connectivity index (χ4n) is 2.88. The van der Waals surface area contributed by atoms with Crippen LogP contribution in [0.1, 0.15) is 42.5 Å². The SMILES string of the molecule is CNS(=O)(=O)c1cc(C(=O)OCC(=O)NCCC2=CCCCC2)ccc1OC. The van der Waals surface area contributed by atoms with Crippen molar-refractivity contribution in [1.82, 2.24) is 10.0 Å². The maximum Gasteiger partial charge on any atom is 0.338 e. The lowest BCUT2D eigenvalue weighted by atomic mass is 9.97. The lowest BCUT2D eigenvalue weighted by Gasteiger charge is -2.13. The molecule has 154 valence electrons. The van der Waals surface area contributed by atoms with E-state index in [1.807, 2.05) is 0 Å². The van der Waals surface area contributed by atoms with Crippen molar-refractivity contribution in [1.29, 1.82) is 0 Å². The Kier molecular flexibility index (Phi) is 8.01. The maximum absolute atomic E-state index is 12.2. The van der Waals surface area contributed by atoms with E-state index in [1.165, 1.54) is 44.7 Å². The third kappa shape index (κ3) is 6.07. The summed E-state index contributed by atoms with van der Waals surface area (Å²) in [6.07, 6.45) is 7.58. The molecule has 1 aromatic rings. The Morgan fingerprint density at radius 2 is 2.00 bits per heavy atom. The zero-order chi connectivity index (χ0) is 20.6. The van der Waals surface area contributed by atoms with Crippen LogP contribution in [-0.2, 0) is 19.6 Å². The van der Waals surface area contributed by atoms with E-state index in [2.05, 4.69) is 16.1 Å². The standard InChI is InChI=1S/C19H26N2O6S/c1-20-28(24,25)17-12-15(8-9-16(17)26-2)19(23)27-13-18(22)21-11-10-14-6-4-3-5-7-14/h6,8-9,12,20H,3-5,7,10-11,13H2,1-2H3,(H,21,22). The van der Waals surface area contributed by atoms with Crippen molar-refractivity contribution in [2.45, 2.75) is 37.0 Å². The lowest BCUT2D eigenvalue weighted by molar-refractivity contribution is -0.124. The van der Waals surface area contributed by atoms with Gasteiger partial charge in [-0.25, -0.2) is 17.9 Å². The Hall–Kier alpha value is -2.39. The molecule has 0 aromatic heterocycles. The van der Waals surface area contributed by atoms with Gasteiger partial charge >= 0.3 is 5.97 Å². The fourth-order valence-corrected chi connectivity index (χ4v) is 3.80. The number of methoxy groups -OCH3 is 1. The summed E-state index contributed by atoms with van der Waals surface area (Å²) in [5, 5.41) is 2.72. The number of carbonyl (C=O) groups excluding carboxylic acids is 2. The second-order valence-electron chi connectivity index (χ2n) is 6.36. The van der Waals surface area contributed by atoms with Gasteiger partial charge in [0, 0.05) is 6.54 Å². The Morgan fingerprint density at radius 1 is 1.21 bits per heavy atom. The maximum atomic E-state index is 12.2. The number of hydrogen-bond donors (Lipinski definition) is 2. The van der Waals surface area contributed by atoms with Crippen molar-refractivity contribution in [2.75, 3.05) is 27.3 Å². The molecular formula is C19H26N2O6S. The molecule has 1 amide bonds. The monoisotopic (exact) mass is 410 g/mol. The largest absolute Gasteiger partial charge is 0.495 e. The number of nitrogens with one attached hydrogen (secondary N) is 2.